The molecule has 0 aliphatic heterocycles. The molecule has 0 fully saturated rings. The molecule has 0 bridgehead atoms. The summed E-state index contributed by atoms with van der Waals surface area (Å²) in [7, 11) is 1.23. The van der Waals surface area contributed by atoms with Crippen molar-refractivity contribution in [1.82, 2.24) is 0 Å². The zero-order chi connectivity index (χ0) is 18.7. The van der Waals surface area contributed by atoms with Crippen LogP contribution in [0, 0.1) is 13.8 Å². The monoisotopic (exact) mass is 342 g/mol. The molecule has 6 heteroatoms. The van der Waals surface area contributed by atoms with E-state index >= 15 is 0 Å². The summed E-state index contributed by atoms with van der Waals surface area (Å²) in [6.07, 6.45) is 2.74. The third kappa shape index (κ3) is 3.47. The molecule has 0 spiro atoms. The Kier molecular flexibility index (Phi) is 5.12. The molecule has 25 heavy (non-hydrogen) atoms. The number of carboxylic acid groups (broad SMARTS) is 1. The van der Waals surface area contributed by atoms with Gasteiger partial charge in [-0.15, -0.1) is 0 Å². The number of hydrogen-bond acceptors (Lipinski definition) is 5. The van der Waals surface area contributed by atoms with Gasteiger partial charge in [-0.25, -0.2) is 4.79 Å². The highest BCUT2D eigenvalue weighted by atomic mass is 16.5. The van der Waals surface area contributed by atoms with Crippen LogP contribution in [0.4, 0.5) is 0 Å². The smallest absolute Gasteiger partial charge is 0.339 e. The van der Waals surface area contributed by atoms with Crippen molar-refractivity contribution in [2.75, 3.05) is 7.11 Å². The minimum Gasteiger partial charge on any atom is -0.508 e. The number of carbonyl (C=O) groups is 2. The molecule has 0 unspecified atom stereocenters. The van der Waals surface area contributed by atoms with Crippen molar-refractivity contribution in [2.24, 2.45) is 0 Å². The Hall–Kier alpha value is -3.28. The van der Waals surface area contributed by atoms with E-state index in [0.717, 1.165) is 0 Å². The van der Waals surface area contributed by atoms with Crippen LogP contribution in [0.3, 0.4) is 0 Å². The predicted octanol–water partition coefficient (Wildman–Crippen LogP) is 3.32. The molecule has 2 aromatic carbocycles. The van der Waals surface area contributed by atoms with Gasteiger partial charge in [-0.3, -0.25) is 4.79 Å². The van der Waals surface area contributed by atoms with Crippen molar-refractivity contribution in [3.63, 3.8) is 0 Å². The molecular weight excluding hydrogens is 324 g/mol. The minimum absolute atomic E-state index is 0.0178. The highest BCUT2D eigenvalue weighted by Crippen LogP contribution is 2.39. The Balaban J connectivity index is 2.53. The van der Waals surface area contributed by atoms with Gasteiger partial charge >= 0.3 is 5.97 Å². The maximum Gasteiger partial charge on any atom is 0.339 e. The number of methoxy groups -OCH3 is 1. The van der Waals surface area contributed by atoms with Crippen LogP contribution in [0.2, 0.25) is 0 Å². The molecule has 0 aliphatic rings. The zero-order valence-corrected chi connectivity index (χ0v) is 14.0. The lowest BCUT2D eigenvalue weighted by Crippen LogP contribution is -2.10. The molecule has 0 amide bonds. The maximum atomic E-state index is 12.5. The van der Waals surface area contributed by atoms with Crippen LogP contribution in [0.25, 0.3) is 6.08 Å². The highest BCUT2D eigenvalue weighted by molar-refractivity contribution is 6.11. The standard InChI is InChI=1S/C19H18O6/c1-10-11(2)16(19(23)24)18(25-3)17(22)15(10)14(21)8-7-12-5-4-6-13(20)9-12/h4-9,20,22H,1-3H3,(H,23,24). The fourth-order valence-corrected chi connectivity index (χ4v) is 2.60. The molecule has 0 radical (unpaired) electrons. The summed E-state index contributed by atoms with van der Waals surface area (Å²) in [6.45, 7) is 3.12. The Morgan fingerprint density at radius 2 is 1.72 bits per heavy atom. The summed E-state index contributed by atoms with van der Waals surface area (Å²) in [5.74, 6) is -2.44. The highest BCUT2D eigenvalue weighted by Gasteiger charge is 2.26. The molecule has 0 saturated heterocycles. The van der Waals surface area contributed by atoms with Gasteiger partial charge in [-0.1, -0.05) is 18.2 Å². The first-order valence-corrected chi connectivity index (χ1v) is 7.42. The van der Waals surface area contributed by atoms with Gasteiger partial charge in [-0.05, 0) is 48.7 Å². The first-order valence-electron chi connectivity index (χ1n) is 7.42. The summed E-state index contributed by atoms with van der Waals surface area (Å²) in [5, 5.41) is 29.1. The topological polar surface area (TPSA) is 104 Å². The first-order chi connectivity index (χ1) is 11.8. The molecule has 2 rings (SSSR count). The van der Waals surface area contributed by atoms with Gasteiger partial charge in [0, 0.05) is 0 Å². The molecule has 0 atom stereocenters. The molecule has 130 valence electrons. The molecule has 0 aliphatic carbocycles. The van der Waals surface area contributed by atoms with Gasteiger partial charge in [0.25, 0.3) is 0 Å². The lowest BCUT2D eigenvalue weighted by molar-refractivity contribution is 0.0690. The lowest BCUT2D eigenvalue weighted by atomic mass is 9.93. The van der Waals surface area contributed by atoms with E-state index in [1.165, 1.54) is 31.4 Å². The predicted molar refractivity (Wildman–Crippen MR) is 92.6 cm³/mol. The van der Waals surface area contributed by atoms with Crippen LogP contribution in [0.5, 0.6) is 17.2 Å². The SMILES string of the molecule is COc1c(O)c(C(=O)C=Cc2cccc(O)c2)c(C)c(C)c1C(=O)O. The Bertz CT molecular complexity index is 880. The number of phenolic OH excluding ortho intramolecular Hbond substituents is 2. The van der Waals surface area contributed by atoms with Gasteiger partial charge in [0.2, 0.25) is 0 Å². The quantitative estimate of drug-likeness (QED) is 0.569. The van der Waals surface area contributed by atoms with Gasteiger partial charge in [-0.2, -0.15) is 0 Å². The Morgan fingerprint density at radius 1 is 1.08 bits per heavy atom. The second kappa shape index (κ2) is 7.09. The summed E-state index contributed by atoms with van der Waals surface area (Å²) in [6, 6.07) is 6.33. The largest absolute Gasteiger partial charge is 0.508 e. The van der Waals surface area contributed by atoms with Gasteiger partial charge in [0.05, 0.1) is 12.7 Å². The van der Waals surface area contributed by atoms with E-state index in [2.05, 4.69) is 0 Å². The van der Waals surface area contributed by atoms with Crippen LogP contribution >= 0.6 is 0 Å². The Morgan fingerprint density at radius 3 is 2.28 bits per heavy atom. The number of ketones is 1. The summed E-state index contributed by atoms with van der Waals surface area (Å²) < 4.78 is 5.00. The maximum absolute atomic E-state index is 12.5. The van der Waals surface area contributed by atoms with E-state index < -0.39 is 17.5 Å². The average molecular weight is 342 g/mol. The van der Waals surface area contributed by atoms with Crippen molar-refractivity contribution < 1.29 is 29.6 Å². The van der Waals surface area contributed by atoms with Crippen molar-refractivity contribution >= 4 is 17.8 Å². The van der Waals surface area contributed by atoms with E-state index in [4.69, 9.17) is 4.74 Å². The van der Waals surface area contributed by atoms with E-state index in [9.17, 15) is 24.9 Å². The molecule has 3 N–H and O–H groups in total. The molecule has 0 saturated carbocycles. The molecular formula is C19H18O6. The van der Waals surface area contributed by atoms with Crippen LogP contribution in [-0.4, -0.2) is 34.2 Å². The number of hydrogen-bond donors (Lipinski definition) is 3. The van der Waals surface area contributed by atoms with Gasteiger partial charge < -0.3 is 20.1 Å². The second-order valence-corrected chi connectivity index (χ2v) is 5.48. The Labute approximate surface area is 144 Å². The number of aromatic hydroxyl groups is 2. The molecule has 6 nitrogen and oxygen atoms in total. The number of ether oxygens (including phenoxy) is 1. The van der Waals surface area contributed by atoms with E-state index in [0.29, 0.717) is 16.7 Å². The van der Waals surface area contributed by atoms with Crippen molar-refractivity contribution in [1.29, 1.82) is 0 Å². The minimum atomic E-state index is -1.25. The number of aromatic carboxylic acids is 1. The molecule has 0 aromatic heterocycles. The first kappa shape index (κ1) is 18.1. The molecule has 2 aromatic rings. The average Bonchev–Trinajstić information content (AvgIpc) is 2.55. The number of allylic oxidation sites excluding steroid dienone is 1. The normalized spacial score (nSPS) is 10.8. The number of benzene rings is 2. The molecule has 0 heterocycles. The number of carbonyl (C=O) groups excluding carboxylic acids is 1. The summed E-state index contributed by atoms with van der Waals surface area (Å²) in [4.78, 5) is 23.9. The van der Waals surface area contributed by atoms with Crippen molar-refractivity contribution in [2.45, 2.75) is 13.8 Å². The van der Waals surface area contributed by atoms with Crippen molar-refractivity contribution in [3.8, 4) is 17.2 Å². The van der Waals surface area contributed by atoms with Crippen molar-refractivity contribution in [3.05, 3.63) is 58.2 Å². The lowest BCUT2D eigenvalue weighted by Gasteiger charge is -2.16. The number of carboxylic acids is 1. The van der Waals surface area contributed by atoms with Crippen LogP contribution in [0.15, 0.2) is 30.3 Å². The van der Waals surface area contributed by atoms with Crippen LogP contribution in [-0.2, 0) is 0 Å². The third-order valence-electron chi connectivity index (χ3n) is 3.95. The fourth-order valence-electron chi connectivity index (χ4n) is 2.60. The second-order valence-electron chi connectivity index (χ2n) is 5.48. The summed E-state index contributed by atoms with van der Waals surface area (Å²) in [5.41, 5.74) is 1.12. The van der Waals surface area contributed by atoms with Crippen LogP contribution < -0.4 is 4.74 Å². The van der Waals surface area contributed by atoms with Gasteiger partial charge in [0.15, 0.2) is 17.3 Å². The van der Waals surface area contributed by atoms with E-state index in [1.807, 2.05) is 0 Å². The summed E-state index contributed by atoms with van der Waals surface area (Å²) >= 11 is 0. The van der Waals surface area contributed by atoms with Crippen LogP contribution in [0.1, 0.15) is 37.4 Å². The number of phenols is 2. The van der Waals surface area contributed by atoms with E-state index in [-0.39, 0.29) is 22.6 Å². The zero-order valence-electron chi connectivity index (χ0n) is 14.0. The van der Waals surface area contributed by atoms with E-state index in [1.54, 1.807) is 26.0 Å². The fraction of sp³-hybridized carbons (Fsp3) is 0.158. The van der Waals surface area contributed by atoms with Gasteiger partial charge in [0.1, 0.15) is 11.3 Å². The number of rotatable bonds is 5. The third-order valence-corrected chi connectivity index (χ3v) is 3.95.